The van der Waals surface area contributed by atoms with Crippen LogP contribution in [0.3, 0.4) is 0 Å². The number of phosphoric acid groups is 1. The number of nitrogens with two attached hydrogens (primary N) is 2. The van der Waals surface area contributed by atoms with Crippen LogP contribution in [0.4, 0.5) is 0 Å². The Morgan fingerprint density at radius 2 is 1.19 bits per heavy atom. The lowest BCUT2D eigenvalue weighted by Gasteiger charge is -2.06. The Kier molecular flexibility index (Phi) is 19.1. The van der Waals surface area contributed by atoms with E-state index >= 15 is 0 Å². The molecule has 1 aromatic rings. The van der Waals surface area contributed by atoms with Crippen LogP contribution in [0.1, 0.15) is 12.8 Å². The monoisotopic (exact) mass is 412 g/mol. The number of rotatable bonds is 10. The summed E-state index contributed by atoms with van der Waals surface area (Å²) in [7, 11) is -4.39. The normalized spacial score (nSPS) is 10.7. The molecule has 0 amide bonds. The Morgan fingerprint density at radius 1 is 0.815 bits per heavy atom. The van der Waals surface area contributed by atoms with Gasteiger partial charge >= 0.3 is 7.82 Å². The molecule has 0 aliphatic carbocycles. The third-order valence-corrected chi connectivity index (χ3v) is 3.60. The van der Waals surface area contributed by atoms with Crippen LogP contribution in [0.15, 0.2) is 30.3 Å². The molecular weight excluding hydrogens is 379 g/mol. The van der Waals surface area contributed by atoms with Crippen molar-refractivity contribution in [3.8, 4) is 5.75 Å². The van der Waals surface area contributed by atoms with Crippen molar-refractivity contribution in [3.05, 3.63) is 30.3 Å². The minimum Gasteiger partial charge on any atom is -0.404 e. The average molecular weight is 412 g/mol. The predicted octanol–water partition coefficient (Wildman–Crippen LogP) is -0.970. The molecule has 0 aliphatic heterocycles. The van der Waals surface area contributed by atoms with Gasteiger partial charge in [0.15, 0.2) is 0 Å². The molecule has 0 atom stereocenters. The number of hydrogen-bond donors (Lipinski definition) is 8. The van der Waals surface area contributed by atoms with Crippen molar-refractivity contribution in [2.45, 2.75) is 12.8 Å². The molecule has 0 heterocycles. The van der Waals surface area contributed by atoms with E-state index in [9.17, 15) is 4.57 Å². The highest BCUT2D eigenvalue weighted by atomic mass is 31.2. The highest BCUT2D eigenvalue weighted by molar-refractivity contribution is 7.46. The van der Waals surface area contributed by atoms with Crippen molar-refractivity contribution in [1.82, 2.24) is 0 Å². The van der Waals surface area contributed by atoms with Gasteiger partial charge in [0, 0.05) is 38.3 Å². The van der Waals surface area contributed by atoms with Crippen LogP contribution in [-0.2, 0) is 4.57 Å². The van der Waals surface area contributed by atoms with Crippen LogP contribution < -0.4 is 16.0 Å². The summed E-state index contributed by atoms with van der Waals surface area (Å²) < 4.78 is 14.5. The molecule has 0 radical (unpaired) electrons. The summed E-state index contributed by atoms with van der Waals surface area (Å²) in [6.45, 7) is 1.21. The van der Waals surface area contributed by atoms with E-state index in [0.717, 1.165) is 0 Å². The average Bonchev–Trinajstić information content (AvgIpc) is 2.64. The lowest BCUT2D eigenvalue weighted by Crippen LogP contribution is -2.15. The predicted molar refractivity (Wildman–Crippen MR) is 102 cm³/mol. The SMILES string of the molecule is NCCC(CO)CO.NCCC(CO)CO.O=P(O)(O)Oc1ccccc1. The first-order valence-electron chi connectivity index (χ1n) is 8.41. The van der Waals surface area contributed by atoms with Gasteiger partial charge in [0.1, 0.15) is 5.75 Å². The maximum Gasteiger partial charge on any atom is 0.524 e. The number of aliphatic hydroxyl groups excluding tert-OH is 4. The van der Waals surface area contributed by atoms with Crippen LogP contribution in [0.5, 0.6) is 5.75 Å². The Morgan fingerprint density at radius 3 is 1.41 bits per heavy atom. The molecule has 1 rings (SSSR count). The summed E-state index contributed by atoms with van der Waals surface area (Å²) >= 11 is 0. The van der Waals surface area contributed by atoms with Crippen molar-refractivity contribution in [3.63, 3.8) is 0 Å². The van der Waals surface area contributed by atoms with E-state index in [0.29, 0.717) is 25.9 Å². The number of benzene rings is 1. The smallest absolute Gasteiger partial charge is 0.404 e. The van der Waals surface area contributed by atoms with E-state index < -0.39 is 7.82 Å². The lowest BCUT2D eigenvalue weighted by molar-refractivity contribution is 0.145. The van der Waals surface area contributed by atoms with Crippen molar-refractivity contribution in [1.29, 1.82) is 0 Å². The molecule has 0 saturated carbocycles. The molecule has 11 heteroatoms. The van der Waals surface area contributed by atoms with Crippen LogP contribution in [0.2, 0.25) is 0 Å². The van der Waals surface area contributed by atoms with Gasteiger partial charge in [0.2, 0.25) is 0 Å². The standard InChI is InChI=1S/C6H7O4P.2C5H13NO2/c7-11(8,9)10-6-4-2-1-3-5-6;2*6-2-1-5(3-7)4-8/h1-5H,(H2,7,8,9);2*5,7-8H,1-4,6H2. The summed E-state index contributed by atoms with van der Waals surface area (Å²) in [5.74, 6) is 0.140. The molecule has 0 unspecified atom stereocenters. The third kappa shape index (κ3) is 19.5. The fraction of sp³-hybridized carbons (Fsp3) is 0.625. The second kappa shape index (κ2) is 18.3. The fourth-order valence-corrected chi connectivity index (χ4v) is 1.97. The molecule has 1 aromatic carbocycles. The van der Waals surface area contributed by atoms with Crippen molar-refractivity contribution < 1.29 is 39.3 Å². The molecule has 0 saturated heterocycles. The first-order chi connectivity index (χ1) is 12.8. The third-order valence-electron chi connectivity index (χ3n) is 3.15. The fourth-order valence-electron chi connectivity index (χ4n) is 1.57. The number of phosphoric ester groups is 1. The summed E-state index contributed by atoms with van der Waals surface area (Å²) in [5, 5.41) is 33.8. The molecule has 160 valence electrons. The molecule has 0 bridgehead atoms. The molecule has 0 spiro atoms. The molecule has 0 fully saturated rings. The Labute approximate surface area is 159 Å². The summed E-state index contributed by atoms with van der Waals surface area (Å²) in [6.07, 6.45) is 1.40. The molecular formula is C16H33N2O8P. The highest BCUT2D eigenvalue weighted by Gasteiger charge is 2.14. The molecule has 0 aromatic heterocycles. The number of para-hydroxylation sites is 1. The summed E-state index contributed by atoms with van der Waals surface area (Å²) in [6, 6.07) is 7.93. The summed E-state index contributed by atoms with van der Waals surface area (Å²) in [5.41, 5.74) is 10.3. The van der Waals surface area contributed by atoms with Gasteiger partial charge < -0.3 is 36.4 Å². The zero-order valence-electron chi connectivity index (χ0n) is 15.3. The summed E-state index contributed by atoms with van der Waals surface area (Å²) in [4.78, 5) is 16.7. The van der Waals surface area contributed by atoms with E-state index in [2.05, 4.69) is 4.52 Å². The second-order valence-corrected chi connectivity index (χ2v) is 6.68. The number of aliphatic hydroxyl groups is 4. The van der Waals surface area contributed by atoms with Gasteiger partial charge in [-0.3, -0.25) is 9.79 Å². The first kappa shape index (κ1) is 28.1. The lowest BCUT2D eigenvalue weighted by atomic mass is 10.1. The van der Waals surface area contributed by atoms with Gasteiger partial charge in [-0.2, -0.15) is 0 Å². The van der Waals surface area contributed by atoms with Crippen LogP contribution >= 0.6 is 7.82 Å². The van der Waals surface area contributed by atoms with Gasteiger partial charge in [-0.25, -0.2) is 4.57 Å². The Bertz CT molecular complexity index is 453. The molecule has 27 heavy (non-hydrogen) atoms. The quantitative estimate of drug-likeness (QED) is 0.221. The van der Waals surface area contributed by atoms with E-state index in [1.807, 2.05) is 0 Å². The molecule has 10 N–H and O–H groups in total. The van der Waals surface area contributed by atoms with Gasteiger partial charge in [-0.1, -0.05) is 18.2 Å². The van der Waals surface area contributed by atoms with E-state index in [1.54, 1.807) is 18.2 Å². The Hall–Kier alpha value is -1.07. The van der Waals surface area contributed by atoms with E-state index in [1.165, 1.54) is 12.1 Å². The highest BCUT2D eigenvalue weighted by Crippen LogP contribution is 2.36. The largest absolute Gasteiger partial charge is 0.524 e. The second-order valence-electron chi connectivity index (χ2n) is 5.51. The van der Waals surface area contributed by atoms with E-state index in [4.69, 9.17) is 41.7 Å². The van der Waals surface area contributed by atoms with Gasteiger partial charge in [0.05, 0.1) is 0 Å². The minimum atomic E-state index is -4.39. The van der Waals surface area contributed by atoms with Crippen molar-refractivity contribution >= 4 is 7.82 Å². The molecule has 0 aliphatic rings. The zero-order valence-corrected chi connectivity index (χ0v) is 16.2. The molecule has 10 nitrogen and oxygen atoms in total. The van der Waals surface area contributed by atoms with Crippen LogP contribution in [-0.4, -0.2) is 69.7 Å². The number of hydrogen-bond acceptors (Lipinski definition) is 8. The van der Waals surface area contributed by atoms with Gasteiger partial charge in [-0.05, 0) is 38.1 Å². The maximum absolute atomic E-state index is 10.3. The van der Waals surface area contributed by atoms with Crippen LogP contribution in [0.25, 0.3) is 0 Å². The van der Waals surface area contributed by atoms with Crippen molar-refractivity contribution in [2.75, 3.05) is 39.5 Å². The Balaban J connectivity index is 0. The topological polar surface area (TPSA) is 200 Å². The van der Waals surface area contributed by atoms with E-state index in [-0.39, 0.29) is 44.0 Å². The maximum atomic E-state index is 10.3. The zero-order chi connectivity index (χ0) is 21.1. The van der Waals surface area contributed by atoms with Crippen LogP contribution in [0, 0.1) is 11.8 Å². The first-order valence-corrected chi connectivity index (χ1v) is 9.94. The van der Waals surface area contributed by atoms with Gasteiger partial charge in [-0.15, -0.1) is 0 Å². The van der Waals surface area contributed by atoms with Crippen molar-refractivity contribution in [2.24, 2.45) is 23.3 Å². The minimum absolute atomic E-state index is 0.0139. The van der Waals surface area contributed by atoms with Gasteiger partial charge in [0.25, 0.3) is 0 Å².